The van der Waals surface area contributed by atoms with Crippen LogP contribution < -0.4 is 0 Å². The quantitative estimate of drug-likeness (QED) is 0.595. The van der Waals surface area contributed by atoms with Crippen LogP contribution in [0.25, 0.3) is 10.6 Å². The average Bonchev–Trinajstić information content (AvgIpc) is 3.42. The molecule has 3 heterocycles. The number of furan rings is 1. The minimum atomic E-state index is -3.13. The predicted octanol–water partition coefficient (Wildman–Crippen LogP) is 3.30. The van der Waals surface area contributed by atoms with E-state index in [1.807, 2.05) is 0 Å². The lowest BCUT2D eigenvalue weighted by molar-refractivity contribution is -0.133. The minimum Gasteiger partial charge on any atom is -0.467 e. The third-order valence-corrected chi connectivity index (χ3v) is 7.54. The van der Waals surface area contributed by atoms with E-state index in [1.165, 1.54) is 29.7 Å². The number of thiazole rings is 1. The van der Waals surface area contributed by atoms with Gasteiger partial charge in [0.25, 0.3) is 0 Å². The van der Waals surface area contributed by atoms with Gasteiger partial charge in [-0.05, 0) is 42.8 Å². The molecule has 1 unspecified atom stereocenters. The number of carbonyl (C=O) groups excluding carboxylic acids is 1. The van der Waals surface area contributed by atoms with Gasteiger partial charge in [-0.3, -0.25) is 4.79 Å². The molecule has 1 amide bonds. The van der Waals surface area contributed by atoms with Gasteiger partial charge in [0.2, 0.25) is 5.91 Å². The lowest BCUT2D eigenvalue weighted by atomic mass is 10.2. The fourth-order valence-corrected chi connectivity index (χ4v) is 5.94. The summed E-state index contributed by atoms with van der Waals surface area (Å²) in [5.74, 6) is 0.149. The highest BCUT2D eigenvalue weighted by atomic mass is 32.2. The molecular weight excluding hydrogens is 415 g/mol. The van der Waals surface area contributed by atoms with Gasteiger partial charge >= 0.3 is 0 Å². The molecule has 29 heavy (non-hydrogen) atoms. The lowest BCUT2D eigenvalue weighted by Crippen LogP contribution is -2.41. The maximum atomic E-state index is 13.1. The third kappa shape index (κ3) is 4.73. The molecule has 4 rings (SSSR count). The summed E-state index contributed by atoms with van der Waals surface area (Å²) < 4.78 is 42.3. The molecule has 1 fully saturated rings. The summed E-state index contributed by atoms with van der Waals surface area (Å²) in [6.07, 6.45) is 2.01. The van der Waals surface area contributed by atoms with Crippen LogP contribution in [0.4, 0.5) is 4.39 Å². The van der Waals surface area contributed by atoms with Gasteiger partial charge in [-0.2, -0.15) is 0 Å². The van der Waals surface area contributed by atoms with Crippen LogP contribution in [-0.2, 0) is 27.6 Å². The summed E-state index contributed by atoms with van der Waals surface area (Å²) >= 11 is 1.38. The molecule has 0 saturated carbocycles. The number of halogens is 1. The number of benzene rings is 1. The van der Waals surface area contributed by atoms with Crippen molar-refractivity contribution in [2.75, 3.05) is 11.5 Å². The average molecular weight is 435 g/mol. The Labute approximate surface area is 171 Å². The van der Waals surface area contributed by atoms with Crippen molar-refractivity contribution in [1.29, 1.82) is 0 Å². The van der Waals surface area contributed by atoms with Crippen LogP contribution in [0.15, 0.2) is 52.5 Å². The van der Waals surface area contributed by atoms with E-state index in [0.29, 0.717) is 22.9 Å². The highest BCUT2D eigenvalue weighted by molar-refractivity contribution is 7.91. The van der Waals surface area contributed by atoms with Gasteiger partial charge < -0.3 is 9.32 Å². The Morgan fingerprint density at radius 1 is 1.28 bits per heavy atom. The molecule has 1 aliphatic heterocycles. The van der Waals surface area contributed by atoms with E-state index in [4.69, 9.17) is 4.42 Å². The Morgan fingerprint density at radius 2 is 2.07 bits per heavy atom. The van der Waals surface area contributed by atoms with E-state index < -0.39 is 9.84 Å². The van der Waals surface area contributed by atoms with Crippen molar-refractivity contribution in [2.24, 2.45) is 0 Å². The van der Waals surface area contributed by atoms with Crippen molar-refractivity contribution < 1.29 is 22.0 Å². The molecule has 0 radical (unpaired) electrons. The van der Waals surface area contributed by atoms with E-state index in [9.17, 15) is 17.6 Å². The number of rotatable bonds is 6. The van der Waals surface area contributed by atoms with Gasteiger partial charge in [-0.1, -0.05) is 0 Å². The summed E-state index contributed by atoms with van der Waals surface area (Å²) in [5, 5.41) is 2.50. The molecule has 0 aliphatic carbocycles. The van der Waals surface area contributed by atoms with Gasteiger partial charge in [-0.15, -0.1) is 11.3 Å². The van der Waals surface area contributed by atoms with Crippen LogP contribution >= 0.6 is 11.3 Å². The van der Waals surface area contributed by atoms with Crippen LogP contribution in [0.1, 0.15) is 17.9 Å². The first-order chi connectivity index (χ1) is 13.9. The molecule has 6 nitrogen and oxygen atoms in total. The van der Waals surface area contributed by atoms with Gasteiger partial charge in [-0.25, -0.2) is 17.8 Å². The number of hydrogen-bond donors (Lipinski definition) is 0. The van der Waals surface area contributed by atoms with Gasteiger partial charge in [0, 0.05) is 17.0 Å². The Morgan fingerprint density at radius 3 is 2.72 bits per heavy atom. The third-order valence-electron chi connectivity index (χ3n) is 4.85. The number of sulfone groups is 1. The first kappa shape index (κ1) is 19.8. The SMILES string of the molecule is O=C(Cc1csc(-c2ccc(F)cc2)n1)N(Cc1ccco1)C1CCS(=O)(=O)C1. The van der Waals surface area contributed by atoms with Crippen molar-refractivity contribution >= 4 is 27.1 Å². The summed E-state index contributed by atoms with van der Waals surface area (Å²) in [4.78, 5) is 19.1. The molecule has 1 aromatic carbocycles. The molecule has 152 valence electrons. The zero-order valence-electron chi connectivity index (χ0n) is 15.5. The fraction of sp³-hybridized carbons (Fsp3) is 0.300. The fourth-order valence-electron chi connectivity index (χ4n) is 3.38. The van der Waals surface area contributed by atoms with E-state index in [-0.39, 0.29) is 42.2 Å². The summed E-state index contributed by atoms with van der Waals surface area (Å²) in [6.45, 7) is 0.223. The first-order valence-electron chi connectivity index (χ1n) is 9.12. The van der Waals surface area contributed by atoms with Gasteiger partial charge in [0.1, 0.15) is 16.6 Å². The Hall–Kier alpha value is -2.52. The van der Waals surface area contributed by atoms with E-state index in [2.05, 4.69) is 4.98 Å². The van der Waals surface area contributed by atoms with Crippen molar-refractivity contribution in [3.63, 3.8) is 0 Å². The molecule has 2 aromatic heterocycles. The van der Waals surface area contributed by atoms with E-state index in [0.717, 1.165) is 5.56 Å². The molecule has 0 bridgehead atoms. The van der Waals surface area contributed by atoms with Crippen molar-refractivity contribution in [1.82, 2.24) is 9.88 Å². The lowest BCUT2D eigenvalue weighted by Gasteiger charge is -2.27. The summed E-state index contributed by atoms with van der Waals surface area (Å²) in [6, 6.07) is 9.16. The maximum Gasteiger partial charge on any atom is 0.229 e. The molecular formula is C20H19FN2O4S2. The van der Waals surface area contributed by atoms with E-state index >= 15 is 0 Å². The van der Waals surface area contributed by atoms with Crippen LogP contribution in [0.5, 0.6) is 0 Å². The molecule has 9 heteroatoms. The molecule has 3 aromatic rings. The number of hydrogen-bond acceptors (Lipinski definition) is 6. The molecule has 0 spiro atoms. The highest BCUT2D eigenvalue weighted by Gasteiger charge is 2.35. The van der Waals surface area contributed by atoms with Crippen LogP contribution in [0.2, 0.25) is 0 Å². The topological polar surface area (TPSA) is 80.5 Å². The first-order valence-corrected chi connectivity index (χ1v) is 11.8. The molecule has 1 aliphatic rings. The number of amides is 1. The zero-order chi connectivity index (χ0) is 20.4. The van der Waals surface area contributed by atoms with Crippen molar-refractivity contribution in [3.8, 4) is 10.6 Å². The van der Waals surface area contributed by atoms with Crippen LogP contribution in [-0.4, -0.2) is 41.8 Å². The van der Waals surface area contributed by atoms with Gasteiger partial charge in [0.15, 0.2) is 9.84 Å². The monoisotopic (exact) mass is 434 g/mol. The smallest absolute Gasteiger partial charge is 0.229 e. The molecule has 1 saturated heterocycles. The van der Waals surface area contributed by atoms with Crippen molar-refractivity contribution in [3.05, 3.63) is 65.3 Å². The predicted molar refractivity (Wildman–Crippen MR) is 108 cm³/mol. The Kier molecular flexibility index (Phi) is 5.51. The summed E-state index contributed by atoms with van der Waals surface area (Å²) in [7, 11) is -3.13. The van der Waals surface area contributed by atoms with Crippen LogP contribution in [0.3, 0.4) is 0 Å². The Balaban J connectivity index is 1.51. The second kappa shape index (κ2) is 8.08. The second-order valence-electron chi connectivity index (χ2n) is 6.99. The number of carbonyl (C=O) groups is 1. The normalized spacial score (nSPS) is 18.0. The highest BCUT2D eigenvalue weighted by Crippen LogP contribution is 2.26. The zero-order valence-corrected chi connectivity index (χ0v) is 17.1. The molecule has 0 N–H and O–H groups in total. The summed E-state index contributed by atoms with van der Waals surface area (Å²) in [5.41, 5.74) is 1.38. The second-order valence-corrected chi connectivity index (χ2v) is 10.1. The molecule has 1 atom stereocenters. The van der Waals surface area contributed by atoms with E-state index in [1.54, 1.807) is 34.5 Å². The standard InChI is InChI=1S/C20H19FN2O4S2/c21-15-5-3-14(4-6-15)20-22-16(12-28-20)10-19(24)23(11-18-2-1-8-27-18)17-7-9-29(25,26)13-17/h1-6,8,12,17H,7,9-11,13H2. The minimum absolute atomic E-state index is 0.0304. The van der Waals surface area contributed by atoms with Crippen molar-refractivity contribution in [2.45, 2.75) is 25.4 Å². The Bertz CT molecular complexity index is 1090. The maximum absolute atomic E-state index is 13.1. The van der Waals surface area contributed by atoms with Crippen LogP contribution in [0, 0.1) is 5.82 Å². The number of nitrogens with zero attached hydrogens (tertiary/aromatic N) is 2. The number of aromatic nitrogens is 1. The largest absolute Gasteiger partial charge is 0.467 e. The van der Waals surface area contributed by atoms with Gasteiger partial charge in [0.05, 0.1) is 36.4 Å².